The highest BCUT2D eigenvalue weighted by atomic mass is 32.2. The zero-order valence-corrected chi connectivity index (χ0v) is 10.8. The highest BCUT2D eigenvalue weighted by Crippen LogP contribution is 2.29. The summed E-state index contributed by atoms with van der Waals surface area (Å²) in [5.41, 5.74) is -4.16. The Morgan fingerprint density at radius 2 is 1.85 bits per heavy atom. The fourth-order valence-electron chi connectivity index (χ4n) is 1.12. The first-order chi connectivity index (χ1) is 9.26. The molecule has 0 fully saturated rings. The van der Waals surface area contributed by atoms with Gasteiger partial charge in [-0.3, -0.25) is 4.79 Å². The molecule has 0 spiro atoms. The smallest absolute Gasteiger partial charge is 0.442 e. The summed E-state index contributed by atoms with van der Waals surface area (Å²) in [6.45, 7) is -0.506. The lowest BCUT2D eigenvalue weighted by molar-refractivity contribution is -0.139. The molecule has 0 atom stereocenters. The minimum Gasteiger partial charge on any atom is -0.482 e. The van der Waals surface area contributed by atoms with Crippen molar-refractivity contribution in [3.8, 4) is 5.75 Å². The quantitative estimate of drug-likeness (QED) is 0.843. The molecule has 0 saturated carbocycles. The Hall–Kier alpha value is -1.90. The van der Waals surface area contributed by atoms with Crippen molar-refractivity contribution in [2.75, 3.05) is 17.7 Å². The van der Waals surface area contributed by atoms with Gasteiger partial charge in [0.1, 0.15) is 5.75 Å². The number of thioether (sulfide) groups is 1. The summed E-state index contributed by atoms with van der Waals surface area (Å²) in [6, 6.07) is 5.59. The number of ether oxygens (including phenoxy) is 1. The van der Waals surface area contributed by atoms with Crippen molar-refractivity contribution in [1.82, 2.24) is 0 Å². The highest BCUT2D eigenvalue weighted by molar-refractivity contribution is 8.00. The van der Waals surface area contributed by atoms with Crippen LogP contribution in [-0.4, -0.2) is 34.9 Å². The largest absolute Gasteiger partial charge is 0.482 e. The molecule has 0 aliphatic carbocycles. The Morgan fingerprint density at radius 1 is 1.25 bits per heavy atom. The number of aliphatic carboxylic acids is 1. The van der Waals surface area contributed by atoms with E-state index in [1.165, 1.54) is 24.3 Å². The van der Waals surface area contributed by atoms with Gasteiger partial charge in [0, 0.05) is 5.69 Å². The van der Waals surface area contributed by atoms with Gasteiger partial charge in [0.05, 0.1) is 5.75 Å². The third-order valence-electron chi connectivity index (χ3n) is 1.87. The summed E-state index contributed by atoms with van der Waals surface area (Å²) in [6.07, 6.45) is 0. The van der Waals surface area contributed by atoms with E-state index in [9.17, 15) is 22.8 Å². The number of alkyl halides is 3. The van der Waals surface area contributed by atoms with E-state index in [0.717, 1.165) is 0 Å². The van der Waals surface area contributed by atoms with Crippen LogP contribution >= 0.6 is 11.8 Å². The number of hydrogen-bond donors (Lipinski definition) is 2. The van der Waals surface area contributed by atoms with Gasteiger partial charge in [-0.1, -0.05) is 0 Å². The van der Waals surface area contributed by atoms with Crippen molar-refractivity contribution in [2.24, 2.45) is 0 Å². The summed E-state index contributed by atoms with van der Waals surface area (Å²) in [4.78, 5) is 21.5. The average molecular weight is 309 g/mol. The van der Waals surface area contributed by atoms with E-state index in [2.05, 4.69) is 5.32 Å². The van der Waals surface area contributed by atoms with E-state index in [4.69, 9.17) is 9.84 Å². The number of anilines is 1. The summed E-state index contributed by atoms with van der Waals surface area (Å²) in [5, 5.41) is 10.7. The zero-order valence-electron chi connectivity index (χ0n) is 9.94. The van der Waals surface area contributed by atoms with Gasteiger partial charge in [0.15, 0.2) is 6.61 Å². The van der Waals surface area contributed by atoms with Gasteiger partial charge in [0.25, 0.3) is 0 Å². The number of hydrogen-bond acceptors (Lipinski definition) is 4. The fourth-order valence-corrected chi connectivity index (χ4v) is 1.49. The van der Waals surface area contributed by atoms with E-state index >= 15 is 0 Å². The van der Waals surface area contributed by atoms with Gasteiger partial charge in [-0.2, -0.15) is 13.2 Å². The SMILES string of the molecule is O=C(O)COc1ccc(NC(=O)CSC(F)(F)F)cc1. The van der Waals surface area contributed by atoms with Crippen molar-refractivity contribution in [2.45, 2.75) is 5.51 Å². The van der Waals surface area contributed by atoms with Gasteiger partial charge in [0.2, 0.25) is 5.91 Å². The number of benzene rings is 1. The van der Waals surface area contributed by atoms with Crippen LogP contribution in [0.4, 0.5) is 18.9 Å². The predicted octanol–water partition coefficient (Wildman–Crippen LogP) is 2.34. The highest BCUT2D eigenvalue weighted by Gasteiger charge is 2.29. The molecule has 0 aliphatic rings. The Morgan fingerprint density at radius 3 is 2.35 bits per heavy atom. The molecule has 2 N–H and O–H groups in total. The number of rotatable bonds is 6. The molecule has 0 radical (unpaired) electrons. The number of carbonyl (C=O) groups is 2. The minimum atomic E-state index is -4.45. The molecule has 0 heterocycles. The number of nitrogens with one attached hydrogen (secondary N) is 1. The van der Waals surface area contributed by atoms with Crippen LogP contribution in [0.1, 0.15) is 0 Å². The number of carboxylic acids is 1. The molecule has 0 unspecified atom stereocenters. The Balaban J connectivity index is 2.44. The molecule has 1 amide bonds. The predicted molar refractivity (Wildman–Crippen MR) is 66.7 cm³/mol. The Bertz CT molecular complexity index is 476. The topological polar surface area (TPSA) is 75.6 Å². The molecule has 20 heavy (non-hydrogen) atoms. The maximum atomic E-state index is 11.9. The molecular formula is C11H10F3NO4S. The Labute approximate surface area is 116 Å². The second kappa shape index (κ2) is 7.04. The fraction of sp³-hybridized carbons (Fsp3) is 0.273. The lowest BCUT2D eigenvalue weighted by Gasteiger charge is -2.08. The van der Waals surface area contributed by atoms with Gasteiger partial charge < -0.3 is 15.2 Å². The molecular weight excluding hydrogens is 299 g/mol. The first kappa shape index (κ1) is 16.2. The summed E-state index contributed by atoms with van der Waals surface area (Å²) in [5.74, 6) is -2.38. The molecule has 1 rings (SSSR count). The monoisotopic (exact) mass is 309 g/mol. The number of carboxylic acid groups (broad SMARTS) is 1. The van der Waals surface area contributed by atoms with Gasteiger partial charge in [-0.05, 0) is 36.0 Å². The second-order valence-electron chi connectivity index (χ2n) is 3.49. The van der Waals surface area contributed by atoms with E-state index in [1.54, 1.807) is 0 Å². The van der Waals surface area contributed by atoms with Crippen molar-refractivity contribution >= 4 is 29.3 Å². The van der Waals surface area contributed by atoms with Gasteiger partial charge >= 0.3 is 11.5 Å². The third-order valence-corrected chi connectivity index (χ3v) is 2.60. The van der Waals surface area contributed by atoms with E-state index in [-0.39, 0.29) is 5.75 Å². The number of halogens is 3. The molecule has 0 aromatic heterocycles. The number of amides is 1. The maximum Gasteiger partial charge on any atom is 0.442 e. The molecule has 0 aliphatic heterocycles. The van der Waals surface area contributed by atoms with E-state index in [0.29, 0.717) is 5.69 Å². The van der Waals surface area contributed by atoms with Crippen LogP contribution in [0, 0.1) is 0 Å². The van der Waals surface area contributed by atoms with Crippen LogP contribution in [0.15, 0.2) is 24.3 Å². The average Bonchev–Trinajstić information content (AvgIpc) is 2.35. The van der Waals surface area contributed by atoms with Crippen molar-refractivity contribution in [3.05, 3.63) is 24.3 Å². The molecule has 0 saturated heterocycles. The van der Waals surface area contributed by atoms with E-state index in [1.807, 2.05) is 0 Å². The third kappa shape index (κ3) is 6.88. The van der Waals surface area contributed by atoms with Crippen molar-refractivity contribution < 1.29 is 32.6 Å². The molecule has 0 bridgehead atoms. The normalized spacial score (nSPS) is 10.9. The standard InChI is InChI=1S/C11H10F3NO4S/c12-11(13,14)20-6-9(16)15-7-1-3-8(4-2-7)19-5-10(17)18/h1-4H,5-6H2,(H,15,16)(H,17,18). The number of carbonyl (C=O) groups excluding carboxylic acids is 1. The summed E-state index contributed by atoms with van der Waals surface area (Å²) in [7, 11) is 0. The first-order valence-corrected chi connectivity index (χ1v) is 6.20. The van der Waals surface area contributed by atoms with E-state index < -0.39 is 41.5 Å². The van der Waals surface area contributed by atoms with Crippen molar-refractivity contribution in [1.29, 1.82) is 0 Å². The van der Waals surface area contributed by atoms with Crippen LogP contribution < -0.4 is 10.1 Å². The molecule has 1 aromatic rings. The van der Waals surface area contributed by atoms with Crippen molar-refractivity contribution in [3.63, 3.8) is 0 Å². The maximum absolute atomic E-state index is 11.9. The van der Waals surface area contributed by atoms with Crippen LogP contribution in [0.25, 0.3) is 0 Å². The minimum absolute atomic E-state index is 0.273. The molecule has 9 heteroatoms. The second-order valence-corrected chi connectivity index (χ2v) is 4.53. The molecule has 110 valence electrons. The van der Waals surface area contributed by atoms with Gasteiger partial charge in [-0.25, -0.2) is 4.79 Å². The zero-order chi connectivity index (χ0) is 15.2. The first-order valence-electron chi connectivity index (χ1n) is 5.21. The van der Waals surface area contributed by atoms with Crippen LogP contribution in [0.5, 0.6) is 5.75 Å². The van der Waals surface area contributed by atoms with Crippen LogP contribution in [0.3, 0.4) is 0 Å². The van der Waals surface area contributed by atoms with Gasteiger partial charge in [-0.15, -0.1) is 0 Å². The lowest BCUT2D eigenvalue weighted by Crippen LogP contribution is -2.17. The summed E-state index contributed by atoms with van der Waals surface area (Å²) >= 11 is -0.427. The molecule has 5 nitrogen and oxygen atoms in total. The van der Waals surface area contributed by atoms with Crippen LogP contribution in [-0.2, 0) is 9.59 Å². The molecule has 1 aromatic carbocycles. The van der Waals surface area contributed by atoms with Crippen LogP contribution in [0.2, 0.25) is 0 Å². The summed E-state index contributed by atoms with van der Waals surface area (Å²) < 4.78 is 40.5. The Kier molecular flexibility index (Phi) is 5.68. The lowest BCUT2D eigenvalue weighted by atomic mass is 10.3.